The molecule has 1 saturated carbocycles. The van der Waals surface area contributed by atoms with Crippen LogP contribution in [0.3, 0.4) is 0 Å². The molecule has 24 heavy (non-hydrogen) atoms. The molecular formula is C17H15Cl2N3O2. The first-order valence-corrected chi connectivity index (χ1v) is 8.22. The van der Waals surface area contributed by atoms with Gasteiger partial charge in [0.2, 0.25) is 11.8 Å². The quantitative estimate of drug-likeness (QED) is 0.855. The molecule has 2 N–H and O–H groups in total. The number of hydrogen-bond acceptors (Lipinski definition) is 3. The number of carbonyl (C=O) groups excluding carboxylic acids is 2. The number of halogens is 2. The van der Waals surface area contributed by atoms with Gasteiger partial charge in [0.1, 0.15) is 0 Å². The van der Waals surface area contributed by atoms with E-state index < -0.39 is 0 Å². The van der Waals surface area contributed by atoms with Crippen molar-refractivity contribution in [1.82, 2.24) is 10.3 Å². The Kier molecular flexibility index (Phi) is 5.02. The van der Waals surface area contributed by atoms with E-state index in [2.05, 4.69) is 15.6 Å². The van der Waals surface area contributed by atoms with Crippen LogP contribution in [0.25, 0.3) is 0 Å². The van der Waals surface area contributed by atoms with E-state index in [1.54, 1.807) is 30.6 Å². The zero-order valence-corrected chi connectivity index (χ0v) is 14.1. The summed E-state index contributed by atoms with van der Waals surface area (Å²) in [5.41, 5.74) is 1.54. The van der Waals surface area contributed by atoms with Crippen molar-refractivity contribution in [1.29, 1.82) is 0 Å². The van der Waals surface area contributed by atoms with Gasteiger partial charge in [-0.3, -0.25) is 14.6 Å². The Morgan fingerprint density at radius 2 is 1.75 bits per heavy atom. The van der Waals surface area contributed by atoms with Crippen LogP contribution in [-0.2, 0) is 16.1 Å². The van der Waals surface area contributed by atoms with Gasteiger partial charge in [-0.25, -0.2) is 0 Å². The van der Waals surface area contributed by atoms with Crippen molar-refractivity contribution in [3.05, 3.63) is 58.3 Å². The molecule has 5 nitrogen and oxygen atoms in total. The van der Waals surface area contributed by atoms with Crippen LogP contribution in [0.1, 0.15) is 12.0 Å². The number of hydrogen-bond donors (Lipinski definition) is 2. The van der Waals surface area contributed by atoms with Crippen molar-refractivity contribution < 1.29 is 9.59 Å². The van der Waals surface area contributed by atoms with Gasteiger partial charge in [0, 0.05) is 24.6 Å². The number of carbonyl (C=O) groups is 2. The molecule has 1 aromatic carbocycles. The lowest BCUT2D eigenvalue weighted by molar-refractivity contribution is -0.125. The van der Waals surface area contributed by atoms with Crippen LogP contribution in [0.15, 0.2) is 42.7 Å². The summed E-state index contributed by atoms with van der Waals surface area (Å²) < 4.78 is 0. The molecule has 1 aliphatic carbocycles. The summed E-state index contributed by atoms with van der Waals surface area (Å²) in [5, 5.41) is 6.40. The van der Waals surface area contributed by atoms with Gasteiger partial charge < -0.3 is 10.6 Å². The van der Waals surface area contributed by atoms with Crippen molar-refractivity contribution in [2.24, 2.45) is 11.8 Å². The molecule has 2 amide bonds. The number of benzene rings is 1. The third kappa shape index (κ3) is 4.04. The van der Waals surface area contributed by atoms with E-state index in [9.17, 15) is 9.59 Å². The van der Waals surface area contributed by atoms with Crippen LogP contribution >= 0.6 is 23.2 Å². The first-order valence-electron chi connectivity index (χ1n) is 7.47. The van der Waals surface area contributed by atoms with E-state index in [1.807, 2.05) is 12.1 Å². The predicted molar refractivity (Wildman–Crippen MR) is 92.8 cm³/mol. The molecule has 0 bridgehead atoms. The standard InChI is InChI=1S/C17H15Cl2N3O2/c18-14-2-1-11(7-15(14)19)22-17(24)13-8-12(13)16(23)21-9-10-3-5-20-6-4-10/h1-7,12-13H,8-9H2,(H,21,23)(H,22,24). The highest BCUT2D eigenvalue weighted by atomic mass is 35.5. The Labute approximate surface area is 149 Å². The van der Waals surface area contributed by atoms with E-state index >= 15 is 0 Å². The minimum absolute atomic E-state index is 0.110. The highest BCUT2D eigenvalue weighted by Gasteiger charge is 2.47. The second-order valence-corrected chi connectivity index (χ2v) is 6.45. The summed E-state index contributed by atoms with van der Waals surface area (Å²) in [7, 11) is 0. The Morgan fingerprint density at radius 1 is 1.04 bits per heavy atom. The monoisotopic (exact) mass is 363 g/mol. The topological polar surface area (TPSA) is 71.1 Å². The van der Waals surface area contributed by atoms with Crippen LogP contribution in [-0.4, -0.2) is 16.8 Å². The fraction of sp³-hybridized carbons (Fsp3) is 0.235. The molecule has 2 atom stereocenters. The highest BCUT2D eigenvalue weighted by Crippen LogP contribution is 2.39. The molecule has 1 aromatic heterocycles. The summed E-state index contributed by atoms with van der Waals surface area (Å²) in [5.74, 6) is -0.884. The molecule has 2 unspecified atom stereocenters. The average molecular weight is 364 g/mol. The third-order valence-corrected chi connectivity index (χ3v) is 4.61. The lowest BCUT2D eigenvalue weighted by Crippen LogP contribution is -2.27. The Hall–Kier alpha value is -2.11. The number of anilines is 1. The molecule has 0 spiro atoms. The molecule has 1 fully saturated rings. The fourth-order valence-electron chi connectivity index (χ4n) is 2.40. The van der Waals surface area contributed by atoms with Gasteiger partial charge >= 0.3 is 0 Å². The average Bonchev–Trinajstić information content (AvgIpc) is 3.38. The Morgan fingerprint density at radius 3 is 2.46 bits per heavy atom. The molecule has 3 rings (SSSR count). The number of rotatable bonds is 5. The number of nitrogens with zero attached hydrogens (tertiary/aromatic N) is 1. The van der Waals surface area contributed by atoms with Gasteiger partial charge in [0.25, 0.3) is 0 Å². The first kappa shape index (κ1) is 16.7. The second kappa shape index (κ2) is 7.20. The number of amides is 2. The number of nitrogens with one attached hydrogen (secondary N) is 2. The molecule has 2 aromatic rings. The van der Waals surface area contributed by atoms with Crippen LogP contribution in [0.2, 0.25) is 10.0 Å². The summed E-state index contributed by atoms with van der Waals surface area (Å²) in [6.07, 6.45) is 3.90. The third-order valence-electron chi connectivity index (χ3n) is 3.87. The summed E-state index contributed by atoms with van der Waals surface area (Å²) >= 11 is 11.8. The second-order valence-electron chi connectivity index (χ2n) is 5.64. The van der Waals surface area contributed by atoms with Crippen molar-refractivity contribution in [3.63, 3.8) is 0 Å². The molecule has 7 heteroatoms. The molecule has 0 radical (unpaired) electrons. The van der Waals surface area contributed by atoms with Gasteiger partial charge in [-0.15, -0.1) is 0 Å². The van der Waals surface area contributed by atoms with Crippen molar-refractivity contribution in [3.8, 4) is 0 Å². The van der Waals surface area contributed by atoms with E-state index in [-0.39, 0.29) is 23.7 Å². The number of aromatic nitrogens is 1. The maximum absolute atomic E-state index is 12.2. The zero-order chi connectivity index (χ0) is 17.1. The smallest absolute Gasteiger partial charge is 0.228 e. The van der Waals surface area contributed by atoms with Gasteiger partial charge in [-0.05, 0) is 42.3 Å². The van der Waals surface area contributed by atoms with E-state index in [4.69, 9.17) is 23.2 Å². The largest absolute Gasteiger partial charge is 0.352 e. The van der Waals surface area contributed by atoms with E-state index in [0.717, 1.165) is 5.56 Å². The summed E-state index contributed by atoms with van der Waals surface area (Å²) in [6.45, 7) is 0.430. The SMILES string of the molecule is O=C(NCc1ccncc1)C1CC1C(=O)Nc1ccc(Cl)c(Cl)c1. The highest BCUT2D eigenvalue weighted by molar-refractivity contribution is 6.42. The maximum Gasteiger partial charge on any atom is 0.228 e. The first-order chi connectivity index (χ1) is 11.5. The predicted octanol–water partition coefficient (Wildman–Crippen LogP) is 3.28. The molecule has 0 aliphatic heterocycles. The van der Waals surface area contributed by atoms with Crippen molar-refractivity contribution in [2.45, 2.75) is 13.0 Å². The molecular weight excluding hydrogens is 349 g/mol. The minimum atomic E-state index is -0.308. The molecule has 124 valence electrons. The van der Waals surface area contributed by atoms with E-state index in [1.165, 1.54) is 0 Å². The van der Waals surface area contributed by atoms with Crippen LogP contribution < -0.4 is 10.6 Å². The van der Waals surface area contributed by atoms with Gasteiger partial charge in [0.15, 0.2) is 0 Å². The van der Waals surface area contributed by atoms with Crippen molar-refractivity contribution in [2.75, 3.05) is 5.32 Å². The Balaban J connectivity index is 1.49. The Bertz CT molecular complexity index is 768. The van der Waals surface area contributed by atoms with Gasteiger partial charge in [-0.1, -0.05) is 23.2 Å². The van der Waals surface area contributed by atoms with Crippen LogP contribution in [0.4, 0.5) is 5.69 Å². The van der Waals surface area contributed by atoms with Gasteiger partial charge in [0.05, 0.1) is 21.9 Å². The molecule has 0 saturated heterocycles. The molecule has 1 heterocycles. The summed E-state index contributed by atoms with van der Waals surface area (Å²) in [4.78, 5) is 28.2. The maximum atomic E-state index is 12.2. The lowest BCUT2D eigenvalue weighted by Gasteiger charge is -2.07. The van der Waals surface area contributed by atoms with Crippen LogP contribution in [0, 0.1) is 11.8 Å². The molecule has 1 aliphatic rings. The van der Waals surface area contributed by atoms with E-state index in [0.29, 0.717) is 28.7 Å². The lowest BCUT2D eigenvalue weighted by atomic mass is 10.2. The van der Waals surface area contributed by atoms with Crippen LogP contribution in [0.5, 0.6) is 0 Å². The minimum Gasteiger partial charge on any atom is -0.352 e. The number of pyridine rings is 1. The normalized spacial score (nSPS) is 18.8. The zero-order valence-electron chi connectivity index (χ0n) is 12.6. The fourth-order valence-corrected chi connectivity index (χ4v) is 2.70. The van der Waals surface area contributed by atoms with Crippen molar-refractivity contribution >= 4 is 40.7 Å². The van der Waals surface area contributed by atoms with Gasteiger partial charge in [-0.2, -0.15) is 0 Å². The summed E-state index contributed by atoms with van der Waals surface area (Å²) in [6, 6.07) is 8.55.